The van der Waals surface area contributed by atoms with Crippen LogP contribution in [0.15, 0.2) is 60.9 Å². The summed E-state index contributed by atoms with van der Waals surface area (Å²) in [4.78, 5) is 4.37. The highest BCUT2D eigenvalue weighted by atomic mass is 16.5. The van der Waals surface area contributed by atoms with E-state index in [2.05, 4.69) is 51.8 Å². The van der Waals surface area contributed by atoms with Crippen molar-refractivity contribution in [2.45, 2.75) is 25.4 Å². The Balaban J connectivity index is 1.64. The number of rotatable bonds is 4. The van der Waals surface area contributed by atoms with E-state index in [-0.39, 0.29) is 12.1 Å². The second kappa shape index (κ2) is 6.35. The van der Waals surface area contributed by atoms with Gasteiger partial charge in [0.15, 0.2) is 0 Å². The number of ether oxygens (including phenoxy) is 1. The summed E-state index contributed by atoms with van der Waals surface area (Å²) < 4.78 is 7.51. The van der Waals surface area contributed by atoms with Crippen molar-refractivity contribution in [1.29, 1.82) is 0 Å². The standard InChI is InChI=1S/C19H20N4O/c1-2-24-16-10-8-14(9-11-16)17-12-18(15-6-4-3-5-7-15)23-19(22-17)20-13-21-23/h3-11,13,17-18H,2,12H2,1H3,(H,20,21,22)/t17-,18+/m1/s1. The van der Waals surface area contributed by atoms with E-state index in [1.807, 2.05) is 29.8 Å². The van der Waals surface area contributed by atoms with E-state index in [1.54, 1.807) is 6.33 Å². The second-order valence-corrected chi connectivity index (χ2v) is 5.89. The summed E-state index contributed by atoms with van der Waals surface area (Å²) in [5.74, 6) is 1.72. The van der Waals surface area contributed by atoms with E-state index in [9.17, 15) is 0 Å². The van der Waals surface area contributed by atoms with Crippen LogP contribution in [0.3, 0.4) is 0 Å². The molecule has 0 aliphatic carbocycles. The van der Waals surface area contributed by atoms with Crippen LogP contribution in [0.1, 0.15) is 36.6 Å². The first-order chi connectivity index (χ1) is 11.8. The SMILES string of the molecule is CCOc1ccc([C@H]2C[C@@H](c3ccccc3)n3ncnc3N2)cc1. The average molecular weight is 320 g/mol. The fraction of sp³-hybridized carbons (Fsp3) is 0.263. The molecule has 0 saturated heterocycles. The number of aromatic nitrogens is 3. The van der Waals surface area contributed by atoms with Crippen molar-refractivity contribution in [2.75, 3.05) is 11.9 Å². The van der Waals surface area contributed by atoms with Crippen LogP contribution >= 0.6 is 0 Å². The van der Waals surface area contributed by atoms with Crippen molar-refractivity contribution >= 4 is 5.95 Å². The summed E-state index contributed by atoms with van der Waals surface area (Å²) in [7, 11) is 0. The minimum Gasteiger partial charge on any atom is -0.494 e. The minimum absolute atomic E-state index is 0.182. The molecule has 2 atom stereocenters. The van der Waals surface area contributed by atoms with Gasteiger partial charge in [0.1, 0.15) is 12.1 Å². The third-order valence-electron chi connectivity index (χ3n) is 4.41. The molecule has 0 amide bonds. The number of nitrogens with zero attached hydrogens (tertiary/aromatic N) is 3. The van der Waals surface area contributed by atoms with E-state index >= 15 is 0 Å². The molecule has 5 nitrogen and oxygen atoms in total. The van der Waals surface area contributed by atoms with Gasteiger partial charge in [0.2, 0.25) is 5.95 Å². The molecule has 5 heteroatoms. The molecule has 4 rings (SSSR count). The molecule has 2 aromatic carbocycles. The van der Waals surface area contributed by atoms with Crippen molar-refractivity contribution in [3.8, 4) is 5.75 Å². The lowest BCUT2D eigenvalue weighted by Crippen LogP contribution is -2.28. The Morgan fingerprint density at radius 1 is 1.08 bits per heavy atom. The highest BCUT2D eigenvalue weighted by Crippen LogP contribution is 2.37. The molecule has 0 unspecified atom stereocenters. The summed E-state index contributed by atoms with van der Waals surface area (Å²) in [5.41, 5.74) is 2.48. The first kappa shape index (κ1) is 14.8. The minimum atomic E-state index is 0.182. The maximum Gasteiger partial charge on any atom is 0.222 e. The number of hydrogen-bond acceptors (Lipinski definition) is 4. The Bertz CT molecular complexity index is 798. The smallest absolute Gasteiger partial charge is 0.222 e. The number of hydrogen-bond donors (Lipinski definition) is 1. The Morgan fingerprint density at radius 3 is 2.62 bits per heavy atom. The summed E-state index contributed by atoms with van der Waals surface area (Å²) in [6, 6.07) is 19.1. The molecular weight excluding hydrogens is 300 g/mol. The van der Waals surface area contributed by atoms with E-state index in [4.69, 9.17) is 4.74 Å². The average Bonchev–Trinajstić information content (AvgIpc) is 3.11. The Hall–Kier alpha value is -2.82. The van der Waals surface area contributed by atoms with Crippen LogP contribution < -0.4 is 10.1 Å². The van der Waals surface area contributed by atoms with Gasteiger partial charge in [-0.05, 0) is 36.6 Å². The molecule has 0 spiro atoms. The van der Waals surface area contributed by atoms with Crippen molar-refractivity contribution in [2.24, 2.45) is 0 Å². The fourth-order valence-corrected chi connectivity index (χ4v) is 3.25. The maximum absolute atomic E-state index is 5.54. The lowest BCUT2D eigenvalue weighted by Gasteiger charge is -2.31. The number of benzene rings is 2. The van der Waals surface area contributed by atoms with Crippen molar-refractivity contribution in [3.63, 3.8) is 0 Å². The van der Waals surface area contributed by atoms with Crippen LogP contribution in [0.2, 0.25) is 0 Å². The predicted molar refractivity (Wildman–Crippen MR) is 93.2 cm³/mol. The highest BCUT2D eigenvalue weighted by molar-refractivity contribution is 5.39. The summed E-state index contributed by atoms with van der Waals surface area (Å²) >= 11 is 0. The number of nitrogens with one attached hydrogen (secondary N) is 1. The number of anilines is 1. The monoisotopic (exact) mass is 320 g/mol. The first-order valence-corrected chi connectivity index (χ1v) is 8.29. The molecule has 0 saturated carbocycles. The van der Waals surface area contributed by atoms with Gasteiger partial charge >= 0.3 is 0 Å². The molecule has 0 fully saturated rings. The molecule has 24 heavy (non-hydrogen) atoms. The fourth-order valence-electron chi connectivity index (χ4n) is 3.25. The topological polar surface area (TPSA) is 52.0 Å². The van der Waals surface area contributed by atoms with E-state index in [1.165, 1.54) is 11.1 Å². The van der Waals surface area contributed by atoms with Crippen LogP contribution in [0.5, 0.6) is 5.75 Å². The number of fused-ring (bicyclic) bond motifs is 1. The zero-order chi connectivity index (χ0) is 16.4. The molecule has 122 valence electrons. The quantitative estimate of drug-likeness (QED) is 0.794. The van der Waals surface area contributed by atoms with Crippen LogP contribution in [0, 0.1) is 0 Å². The molecule has 1 aliphatic heterocycles. The Labute approximate surface area is 141 Å². The van der Waals surface area contributed by atoms with Gasteiger partial charge in [-0.2, -0.15) is 10.1 Å². The molecular formula is C19H20N4O. The lowest BCUT2D eigenvalue weighted by molar-refractivity contribution is 0.340. The van der Waals surface area contributed by atoms with Crippen LogP contribution in [-0.2, 0) is 0 Å². The van der Waals surface area contributed by atoms with Crippen molar-refractivity contribution in [3.05, 3.63) is 72.1 Å². The largest absolute Gasteiger partial charge is 0.494 e. The summed E-state index contributed by atoms with van der Waals surface area (Å²) in [5, 5.41) is 7.90. The third-order valence-corrected chi connectivity index (χ3v) is 4.41. The molecule has 3 aromatic rings. The maximum atomic E-state index is 5.54. The normalized spacial score (nSPS) is 19.4. The van der Waals surface area contributed by atoms with Crippen LogP contribution in [0.25, 0.3) is 0 Å². The van der Waals surface area contributed by atoms with Gasteiger partial charge in [0, 0.05) is 0 Å². The Morgan fingerprint density at radius 2 is 1.88 bits per heavy atom. The van der Waals surface area contributed by atoms with E-state index in [0.717, 1.165) is 18.1 Å². The van der Waals surface area contributed by atoms with Gasteiger partial charge < -0.3 is 10.1 Å². The second-order valence-electron chi connectivity index (χ2n) is 5.89. The molecule has 1 aromatic heterocycles. The van der Waals surface area contributed by atoms with Crippen molar-refractivity contribution in [1.82, 2.24) is 14.8 Å². The molecule has 2 heterocycles. The summed E-state index contributed by atoms with van der Waals surface area (Å²) in [6.07, 6.45) is 2.53. The molecule has 0 bridgehead atoms. The van der Waals surface area contributed by atoms with E-state index in [0.29, 0.717) is 6.61 Å². The molecule has 1 N–H and O–H groups in total. The van der Waals surface area contributed by atoms with Gasteiger partial charge in [0.05, 0.1) is 18.7 Å². The van der Waals surface area contributed by atoms with Gasteiger partial charge in [-0.3, -0.25) is 0 Å². The highest BCUT2D eigenvalue weighted by Gasteiger charge is 2.29. The predicted octanol–water partition coefficient (Wildman–Crippen LogP) is 3.82. The van der Waals surface area contributed by atoms with Crippen LogP contribution in [-0.4, -0.2) is 21.4 Å². The lowest BCUT2D eigenvalue weighted by atomic mass is 9.93. The summed E-state index contributed by atoms with van der Waals surface area (Å²) in [6.45, 7) is 2.67. The van der Waals surface area contributed by atoms with Gasteiger partial charge in [0.25, 0.3) is 0 Å². The van der Waals surface area contributed by atoms with Gasteiger partial charge in [-0.15, -0.1) is 0 Å². The zero-order valence-corrected chi connectivity index (χ0v) is 13.6. The molecule has 0 radical (unpaired) electrons. The molecule has 1 aliphatic rings. The van der Waals surface area contributed by atoms with Crippen LogP contribution in [0.4, 0.5) is 5.95 Å². The zero-order valence-electron chi connectivity index (χ0n) is 13.6. The van der Waals surface area contributed by atoms with Gasteiger partial charge in [-0.1, -0.05) is 42.5 Å². The Kier molecular flexibility index (Phi) is 3.91. The van der Waals surface area contributed by atoms with Crippen molar-refractivity contribution < 1.29 is 4.74 Å². The first-order valence-electron chi connectivity index (χ1n) is 8.29. The third kappa shape index (κ3) is 2.73. The van der Waals surface area contributed by atoms with E-state index < -0.39 is 0 Å². The van der Waals surface area contributed by atoms with Gasteiger partial charge in [-0.25, -0.2) is 4.68 Å².